The van der Waals surface area contributed by atoms with Gasteiger partial charge in [-0.05, 0) is 12.7 Å². The molecule has 0 amide bonds. The topological polar surface area (TPSA) is 9.23 Å². The normalized spacial score (nSPS) is 89.2. The van der Waals surface area contributed by atoms with Crippen molar-refractivity contribution in [3.05, 3.63) is 0 Å². The Morgan fingerprint density at radius 2 is 3.00 bits per heavy atom. The number of rotatable bonds is 0. The Labute approximate surface area is 55.6 Å². The lowest BCUT2D eigenvalue weighted by molar-refractivity contribution is 0.178. The van der Waals surface area contributed by atoms with Crippen molar-refractivity contribution in [2.45, 2.75) is 17.7 Å². The van der Waals surface area contributed by atoms with Gasteiger partial charge in [0.1, 0.15) is 4.99 Å². The molecule has 0 aromatic heterocycles. The molecule has 0 aromatic rings. The van der Waals surface area contributed by atoms with E-state index in [0.717, 1.165) is 0 Å². The monoisotopic (exact) mass is 157 g/mol. The van der Waals surface area contributed by atoms with Gasteiger partial charge in [0.2, 0.25) is 0 Å². The molecule has 1 nitrogen and oxygen atoms in total. The maximum Gasteiger partial charge on any atom is 0.112 e. The lowest BCUT2D eigenvalue weighted by atomic mass is 10.4. The summed E-state index contributed by atoms with van der Waals surface area (Å²) in [6.45, 7) is -2.82. The molecule has 0 radical (unpaired) electrons. The third-order valence-electron chi connectivity index (χ3n) is 0.352. The van der Waals surface area contributed by atoms with Crippen LogP contribution in [0.1, 0.15) is 22.3 Å². The van der Waals surface area contributed by atoms with Gasteiger partial charge in [0.05, 0.1) is 4.11 Å². The van der Waals surface area contributed by atoms with Crippen LogP contribution in [-0.2, 0) is 4.74 Å². The minimum atomic E-state index is -2.87. The van der Waals surface area contributed by atoms with E-state index in [9.17, 15) is 0 Å². The Kier molecular flexibility index (Phi) is 0.341. The van der Waals surface area contributed by atoms with Crippen LogP contribution in [-0.4, -0.2) is 11.5 Å². The first-order valence-electron chi connectivity index (χ1n) is 4.85. The van der Waals surface area contributed by atoms with Gasteiger partial charge in [-0.25, -0.2) is 0 Å². The van der Waals surface area contributed by atoms with Crippen LogP contribution < -0.4 is 0 Å². The summed E-state index contributed by atoms with van der Waals surface area (Å²) >= 11 is 2.50. The van der Waals surface area contributed by atoms with E-state index in [-0.39, 0.29) is 0 Å². The van der Waals surface area contributed by atoms with Gasteiger partial charge in [-0.2, -0.15) is 0 Å². The summed E-state index contributed by atoms with van der Waals surface area (Å²) in [5.74, 6) is 0. The van der Waals surface area contributed by atoms with Crippen molar-refractivity contribution in [1.29, 1.82) is 0 Å². The number of halogens is 1. The predicted molar refractivity (Wildman–Crippen MR) is 27.9 cm³/mol. The summed E-state index contributed by atoms with van der Waals surface area (Å²) in [5.41, 5.74) is 0. The zero-order valence-corrected chi connectivity index (χ0v) is 4.37. The standard InChI is InChI=1S/C4H7BrO/c5-4-2-1-3-6-4/h4H,1-3H2/i1D2,2D2,3D2,4D. The van der Waals surface area contributed by atoms with Gasteiger partial charge in [0, 0.05) is 12.0 Å². The Morgan fingerprint density at radius 1 is 2.17 bits per heavy atom. The minimum Gasteiger partial charge on any atom is -0.367 e. The number of hydrogen-bond acceptors (Lipinski definition) is 1. The second kappa shape index (κ2) is 1.94. The van der Waals surface area contributed by atoms with Crippen molar-refractivity contribution < 1.29 is 14.3 Å². The molecular weight excluding hydrogens is 144 g/mol. The Bertz CT molecular complexity index is 213. The maximum atomic E-state index is 7.24. The molecule has 1 aliphatic heterocycles. The molecule has 6 heavy (non-hydrogen) atoms. The molecule has 0 aliphatic carbocycles. The van der Waals surface area contributed by atoms with Gasteiger partial charge >= 0.3 is 0 Å². The van der Waals surface area contributed by atoms with Crippen LogP contribution in [0.25, 0.3) is 0 Å². The van der Waals surface area contributed by atoms with Crippen LogP contribution in [0.4, 0.5) is 0 Å². The second-order valence-electron chi connectivity index (χ2n) is 0.728. The third kappa shape index (κ3) is 0.949. The van der Waals surface area contributed by atoms with Crippen LogP contribution in [0.15, 0.2) is 0 Å². The third-order valence-corrected chi connectivity index (χ3v) is 0.713. The number of hydrogen-bond donors (Lipinski definition) is 0. The highest BCUT2D eigenvalue weighted by atomic mass is 79.9. The Balaban J connectivity index is 3.24. The minimum absolute atomic E-state index is 2.40. The second-order valence-corrected chi connectivity index (χ2v) is 1.45. The smallest absolute Gasteiger partial charge is 0.112 e. The molecule has 1 aliphatic rings. The molecule has 0 spiro atoms. The van der Waals surface area contributed by atoms with Gasteiger partial charge in [-0.1, -0.05) is 15.9 Å². The lowest BCUT2D eigenvalue weighted by Crippen LogP contribution is -1.88. The summed E-state index contributed by atoms with van der Waals surface area (Å²) in [5, 5.41) is 0. The number of alkyl halides is 1. The lowest BCUT2D eigenvalue weighted by Gasteiger charge is -1.91. The molecule has 1 rings (SSSR count). The molecule has 36 valence electrons. The molecule has 0 aromatic carbocycles. The highest BCUT2D eigenvalue weighted by Crippen LogP contribution is 2.16. The van der Waals surface area contributed by atoms with E-state index in [0.29, 0.717) is 0 Å². The molecule has 1 unspecified atom stereocenters. The SMILES string of the molecule is [2H]C1([2H])OC([2H])(Br)C([2H])([2H])C1([2H])[2H]. The van der Waals surface area contributed by atoms with Crippen LogP contribution >= 0.6 is 15.9 Å². The Morgan fingerprint density at radius 3 is 3.17 bits per heavy atom. The van der Waals surface area contributed by atoms with Gasteiger partial charge in [0.25, 0.3) is 0 Å². The van der Waals surface area contributed by atoms with Crippen molar-refractivity contribution >= 4 is 15.9 Å². The first-order chi connectivity index (χ1) is 5.46. The average Bonchev–Trinajstić information content (AvgIpc) is 1.88. The largest absolute Gasteiger partial charge is 0.367 e. The van der Waals surface area contributed by atoms with Crippen LogP contribution in [0.2, 0.25) is 0 Å². The quantitative estimate of drug-likeness (QED) is 0.485. The van der Waals surface area contributed by atoms with E-state index in [1.807, 2.05) is 0 Å². The average molecular weight is 158 g/mol. The molecule has 0 N–H and O–H groups in total. The summed E-state index contributed by atoms with van der Waals surface area (Å²) in [6, 6.07) is 0. The van der Waals surface area contributed by atoms with E-state index in [1.165, 1.54) is 0 Å². The molecule has 1 heterocycles. The summed E-state index contributed by atoms with van der Waals surface area (Å²) in [4.78, 5) is -2.40. The fourth-order valence-corrected chi connectivity index (χ4v) is 0.351. The maximum absolute atomic E-state index is 7.24. The first kappa shape index (κ1) is 1.06. The molecule has 1 saturated heterocycles. The molecule has 1 atom stereocenters. The van der Waals surface area contributed by atoms with E-state index in [2.05, 4.69) is 20.7 Å². The Hall–Kier alpha value is 0.440. The molecule has 1 fully saturated rings. The summed E-state index contributed by atoms with van der Waals surface area (Å²) < 4.78 is 54.6. The van der Waals surface area contributed by atoms with Gasteiger partial charge in [0.15, 0.2) is 0 Å². The van der Waals surface area contributed by atoms with Crippen molar-refractivity contribution in [1.82, 2.24) is 0 Å². The van der Waals surface area contributed by atoms with Crippen molar-refractivity contribution in [3.8, 4) is 0 Å². The van der Waals surface area contributed by atoms with E-state index in [1.54, 1.807) is 0 Å². The predicted octanol–water partition coefficient (Wildman–Crippen LogP) is 1.52. The molecule has 0 saturated carbocycles. The molecule has 2 heteroatoms. The fourth-order valence-electron chi connectivity index (χ4n) is 0.170. The van der Waals surface area contributed by atoms with Crippen molar-refractivity contribution in [2.75, 3.05) is 6.56 Å². The summed E-state index contributed by atoms with van der Waals surface area (Å²) in [7, 11) is 0. The van der Waals surface area contributed by atoms with E-state index < -0.39 is 24.3 Å². The van der Waals surface area contributed by atoms with Crippen LogP contribution in [0.3, 0.4) is 0 Å². The van der Waals surface area contributed by atoms with E-state index in [4.69, 9.17) is 9.60 Å². The number of ether oxygens (including phenoxy) is 1. The molecular formula is C4H7BrO. The van der Waals surface area contributed by atoms with Crippen LogP contribution in [0.5, 0.6) is 0 Å². The van der Waals surface area contributed by atoms with Crippen LogP contribution in [0, 0.1) is 0 Å². The summed E-state index contributed by atoms with van der Waals surface area (Å²) in [6.07, 6.45) is -5.63. The van der Waals surface area contributed by atoms with E-state index >= 15 is 0 Å². The molecule has 0 bridgehead atoms. The first-order valence-corrected chi connectivity index (χ1v) is 2.14. The van der Waals surface area contributed by atoms with Crippen molar-refractivity contribution in [2.24, 2.45) is 0 Å². The zero-order valence-electron chi connectivity index (χ0n) is 9.79. The van der Waals surface area contributed by atoms with Gasteiger partial charge in [-0.15, -0.1) is 0 Å². The fraction of sp³-hybridized carbons (Fsp3) is 1.00. The zero-order chi connectivity index (χ0) is 10.7. The highest BCUT2D eigenvalue weighted by molar-refractivity contribution is 9.09. The van der Waals surface area contributed by atoms with Gasteiger partial charge in [-0.3, -0.25) is 0 Å². The van der Waals surface area contributed by atoms with Gasteiger partial charge < -0.3 is 4.74 Å². The highest BCUT2D eigenvalue weighted by Gasteiger charge is 2.09. The van der Waals surface area contributed by atoms with Crippen molar-refractivity contribution in [3.63, 3.8) is 0 Å².